The van der Waals surface area contributed by atoms with Crippen LogP contribution >= 0.6 is 0 Å². The average molecular weight is 466 g/mol. The molecule has 168 valence electrons. The molecule has 3 rings (SSSR count). The zero-order chi connectivity index (χ0) is 25.8. The molecule has 1 atom stereocenters. The van der Waals surface area contributed by atoms with Gasteiger partial charge in [-0.25, -0.2) is 26.5 Å². The molecule has 1 amide bonds. The van der Waals surface area contributed by atoms with Gasteiger partial charge in [-0.2, -0.15) is 13.2 Å². The molecule has 1 aliphatic heterocycles. The van der Waals surface area contributed by atoms with Crippen molar-refractivity contribution < 1.29 is 39.3 Å². The molecular weight excluding hydrogens is 445 g/mol. The highest BCUT2D eigenvalue weighted by Crippen LogP contribution is 2.36. The number of rotatable bonds is 3. The Labute approximate surface area is 179 Å². The number of likely N-dealkylation sites (N-methyl/N-ethyl adjacent to an activating group) is 1. The molecular formula is C19H18F5N3O3S. The van der Waals surface area contributed by atoms with E-state index in [-0.39, 0.29) is 10.6 Å². The van der Waals surface area contributed by atoms with E-state index in [1.165, 1.54) is 6.92 Å². The van der Waals surface area contributed by atoms with Crippen LogP contribution in [0.2, 0.25) is 0 Å². The Morgan fingerprint density at radius 2 is 1.94 bits per heavy atom. The fourth-order valence-corrected chi connectivity index (χ4v) is 4.89. The highest BCUT2D eigenvalue weighted by Gasteiger charge is 2.45. The largest absolute Gasteiger partial charge is 0.416 e. The summed E-state index contributed by atoms with van der Waals surface area (Å²) in [6.07, 6.45) is -5.35. The number of aromatic nitrogens is 1. The van der Waals surface area contributed by atoms with Crippen LogP contribution in [-0.2, 0) is 21.0 Å². The van der Waals surface area contributed by atoms with E-state index in [2.05, 4.69) is 4.98 Å². The molecule has 1 aromatic heterocycles. The van der Waals surface area contributed by atoms with Crippen LogP contribution in [0.5, 0.6) is 0 Å². The minimum absolute atomic E-state index is 0.00769. The molecule has 0 N–H and O–H groups in total. The van der Waals surface area contributed by atoms with Gasteiger partial charge in [-0.05, 0) is 44.5 Å². The highest BCUT2D eigenvalue weighted by molar-refractivity contribution is 7.93. The third-order valence-corrected chi connectivity index (χ3v) is 6.56. The minimum atomic E-state index is -4.86. The van der Waals surface area contributed by atoms with Crippen molar-refractivity contribution in [2.45, 2.75) is 32.5 Å². The molecule has 1 aromatic carbocycles. The Morgan fingerprint density at radius 1 is 1.26 bits per heavy atom. The molecule has 1 fully saturated rings. The number of alkyl halides is 3. The van der Waals surface area contributed by atoms with Crippen LogP contribution in [0, 0.1) is 25.5 Å². The van der Waals surface area contributed by atoms with Gasteiger partial charge in [-0.3, -0.25) is 4.79 Å². The van der Waals surface area contributed by atoms with Gasteiger partial charge < -0.3 is 4.90 Å². The Balaban J connectivity index is 2.16. The van der Waals surface area contributed by atoms with Crippen molar-refractivity contribution in [1.82, 2.24) is 4.98 Å². The van der Waals surface area contributed by atoms with Gasteiger partial charge in [0.25, 0.3) is 5.91 Å². The van der Waals surface area contributed by atoms with Crippen LogP contribution < -0.4 is 9.21 Å². The molecule has 31 heavy (non-hydrogen) atoms. The number of nitrogens with zero attached hydrogens (tertiary/aromatic N) is 3. The number of carbonyl (C=O) groups is 1. The Bertz CT molecular complexity index is 1250. The summed E-state index contributed by atoms with van der Waals surface area (Å²) < 4.78 is 117. The van der Waals surface area contributed by atoms with E-state index in [0.717, 1.165) is 13.0 Å². The lowest BCUT2D eigenvalue weighted by atomic mass is 10.1. The van der Waals surface area contributed by atoms with Gasteiger partial charge in [0.05, 0.1) is 17.0 Å². The Kier molecular flexibility index (Phi) is 4.73. The maximum absolute atomic E-state index is 14.7. The van der Waals surface area contributed by atoms with Crippen molar-refractivity contribution in [3.63, 3.8) is 0 Å². The highest BCUT2D eigenvalue weighted by atomic mass is 32.2. The predicted octanol–water partition coefficient (Wildman–Crippen LogP) is 3.57. The molecule has 0 saturated carbocycles. The summed E-state index contributed by atoms with van der Waals surface area (Å²) in [7, 11) is -4.38. The summed E-state index contributed by atoms with van der Waals surface area (Å²) in [6.45, 7) is -1.14. The molecule has 0 radical (unpaired) electrons. The van der Waals surface area contributed by atoms with E-state index in [1.807, 2.05) is 0 Å². The van der Waals surface area contributed by atoms with Gasteiger partial charge in [-0.15, -0.1) is 0 Å². The number of anilines is 2. The van der Waals surface area contributed by atoms with Crippen molar-refractivity contribution in [2.75, 3.05) is 21.9 Å². The van der Waals surface area contributed by atoms with Crippen LogP contribution in [0.1, 0.15) is 27.4 Å². The number of sulfonamides is 1. The molecule has 12 heteroatoms. The number of aryl methyl sites for hydroxylation is 1. The fourth-order valence-electron chi connectivity index (χ4n) is 3.21. The van der Waals surface area contributed by atoms with Crippen LogP contribution in [0.15, 0.2) is 24.3 Å². The molecule has 6 nitrogen and oxygen atoms in total. The fraction of sp³-hybridized carbons (Fsp3) is 0.368. The number of hydrogen-bond donors (Lipinski definition) is 0. The first-order chi connectivity index (χ1) is 15.4. The first kappa shape index (κ1) is 19.0. The Morgan fingerprint density at radius 3 is 2.55 bits per heavy atom. The van der Waals surface area contributed by atoms with Gasteiger partial charge in [0.2, 0.25) is 10.0 Å². The number of halogens is 5. The van der Waals surface area contributed by atoms with Crippen molar-refractivity contribution in [1.29, 1.82) is 0 Å². The molecule has 0 bridgehead atoms. The molecule has 0 unspecified atom stereocenters. The van der Waals surface area contributed by atoms with E-state index in [9.17, 15) is 35.2 Å². The normalized spacial score (nSPS) is 20.2. The van der Waals surface area contributed by atoms with Crippen LogP contribution in [0.25, 0.3) is 0 Å². The second kappa shape index (κ2) is 7.74. The third-order valence-electron chi connectivity index (χ3n) is 4.77. The van der Waals surface area contributed by atoms with E-state index in [1.54, 1.807) is 0 Å². The number of benzene rings is 1. The molecule has 1 aliphatic rings. The van der Waals surface area contributed by atoms with Crippen molar-refractivity contribution in [2.24, 2.45) is 0 Å². The van der Waals surface area contributed by atoms with Gasteiger partial charge in [-0.1, -0.05) is 0 Å². The summed E-state index contributed by atoms with van der Waals surface area (Å²) in [5, 5.41) is 0. The first-order valence-electron chi connectivity index (χ1n) is 10.3. The number of amides is 1. The van der Waals surface area contributed by atoms with Crippen molar-refractivity contribution in [3.05, 3.63) is 52.7 Å². The second-order valence-electron chi connectivity index (χ2n) is 6.95. The molecule has 0 aliphatic carbocycles. The Hall–Kier alpha value is -2.76. The van der Waals surface area contributed by atoms with Gasteiger partial charge >= 0.3 is 6.18 Å². The average Bonchev–Trinajstić information content (AvgIpc) is 3.01. The van der Waals surface area contributed by atoms with Crippen LogP contribution in [0.3, 0.4) is 0 Å². The lowest BCUT2D eigenvalue weighted by Crippen LogP contribution is -2.46. The van der Waals surface area contributed by atoms with E-state index in [0.29, 0.717) is 22.5 Å². The van der Waals surface area contributed by atoms with E-state index >= 15 is 0 Å². The van der Waals surface area contributed by atoms with Crippen molar-refractivity contribution >= 4 is 27.4 Å². The van der Waals surface area contributed by atoms with Crippen molar-refractivity contribution in [3.8, 4) is 0 Å². The SMILES string of the molecule is [2H]C([2H])([2H])N(C(=O)[C@@H]1CCS(=O)(=O)N1c1cc(C(F)(F)F)cc(C)n1)c1ccc(F)c(C)c1F. The molecule has 2 heterocycles. The summed E-state index contributed by atoms with van der Waals surface area (Å²) >= 11 is 0. The van der Waals surface area contributed by atoms with E-state index < -0.39 is 81.6 Å². The molecule has 0 spiro atoms. The summed E-state index contributed by atoms with van der Waals surface area (Å²) in [6, 6.07) is 0.723. The van der Waals surface area contributed by atoms with E-state index in [4.69, 9.17) is 4.11 Å². The number of pyridine rings is 1. The quantitative estimate of drug-likeness (QED) is 0.649. The lowest BCUT2D eigenvalue weighted by Gasteiger charge is -2.28. The number of carbonyl (C=O) groups excluding carboxylic acids is 1. The van der Waals surface area contributed by atoms with Gasteiger partial charge in [0, 0.05) is 22.3 Å². The third kappa shape index (κ3) is 4.21. The first-order valence-corrected chi connectivity index (χ1v) is 10.4. The summed E-state index contributed by atoms with van der Waals surface area (Å²) in [5.74, 6) is -5.22. The zero-order valence-electron chi connectivity index (χ0n) is 19.2. The van der Waals surface area contributed by atoms with Gasteiger partial charge in [0.15, 0.2) is 5.82 Å². The van der Waals surface area contributed by atoms with Gasteiger partial charge in [0.1, 0.15) is 17.7 Å². The zero-order valence-corrected chi connectivity index (χ0v) is 17.0. The monoisotopic (exact) mass is 466 g/mol. The maximum atomic E-state index is 14.7. The summed E-state index contributed by atoms with van der Waals surface area (Å²) in [5.41, 5.74) is -2.84. The standard InChI is InChI=1S/C19H18F5N3O3S/c1-10-8-12(19(22,23)24)9-16(25-10)27-15(6-7-31(27,29)30)18(28)26(3)14-5-4-13(20)11(2)17(14)21/h4-5,8-9,15H,6-7H2,1-3H3/t15-/m0/s1/i3D3. The predicted molar refractivity (Wildman–Crippen MR) is 103 cm³/mol. The summed E-state index contributed by atoms with van der Waals surface area (Å²) in [4.78, 5) is 17.1. The minimum Gasteiger partial charge on any atom is -0.311 e. The molecule has 1 saturated heterocycles. The maximum Gasteiger partial charge on any atom is 0.416 e. The number of hydrogen-bond acceptors (Lipinski definition) is 4. The second-order valence-corrected chi connectivity index (χ2v) is 8.91. The van der Waals surface area contributed by atoms with Crippen LogP contribution in [-0.4, -0.2) is 38.1 Å². The molecule has 2 aromatic rings. The van der Waals surface area contributed by atoms with Crippen LogP contribution in [0.4, 0.5) is 33.5 Å². The smallest absolute Gasteiger partial charge is 0.311 e. The topological polar surface area (TPSA) is 70.6 Å². The lowest BCUT2D eigenvalue weighted by molar-refractivity contribution is -0.137.